The molecular formula is C9H20N4. The second kappa shape index (κ2) is 2.67. The van der Waals surface area contributed by atoms with Gasteiger partial charge in [-0.15, -0.1) is 0 Å². The first-order valence-electron chi connectivity index (χ1n) is 4.94. The van der Waals surface area contributed by atoms with E-state index in [0.29, 0.717) is 6.04 Å². The lowest BCUT2D eigenvalue weighted by Gasteiger charge is -2.39. The van der Waals surface area contributed by atoms with Gasteiger partial charge in [0.15, 0.2) is 0 Å². The Balaban J connectivity index is 2.28. The highest BCUT2D eigenvalue weighted by Crippen LogP contribution is 2.40. The van der Waals surface area contributed by atoms with Crippen molar-refractivity contribution >= 4 is 0 Å². The maximum atomic E-state index is 6.41. The average molecular weight is 184 g/mol. The molecule has 0 aromatic rings. The Morgan fingerprint density at radius 1 is 1.31 bits per heavy atom. The van der Waals surface area contributed by atoms with E-state index in [4.69, 9.17) is 11.5 Å². The molecule has 76 valence electrons. The molecule has 0 amide bonds. The first kappa shape index (κ1) is 9.40. The van der Waals surface area contributed by atoms with E-state index in [9.17, 15) is 0 Å². The van der Waals surface area contributed by atoms with Crippen molar-refractivity contribution in [1.29, 1.82) is 0 Å². The molecule has 5 N–H and O–H groups in total. The summed E-state index contributed by atoms with van der Waals surface area (Å²) in [5, 5.41) is 3.31. The number of hydrogen-bond donors (Lipinski definition) is 3. The largest absolute Gasteiger partial charge is 0.322 e. The van der Waals surface area contributed by atoms with Gasteiger partial charge in [-0.3, -0.25) is 0 Å². The maximum Gasteiger partial charge on any atom is 0.0632 e. The highest BCUT2D eigenvalue weighted by molar-refractivity contribution is 5.23. The monoisotopic (exact) mass is 184 g/mol. The standard InChI is InChI=1S/C9H20N4/c1-13(2)7-3-4-8(10)5-12-6-9(7,8)11/h7,12H,3-6,10-11H2,1-2H3/t7?,8-,9-/m0/s1. The molecule has 4 heteroatoms. The molecule has 1 unspecified atom stereocenters. The van der Waals surface area contributed by atoms with Crippen LogP contribution >= 0.6 is 0 Å². The zero-order chi connectivity index (χ0) is 9.69. The van der Waals surface area contributed by atoms with Crippen molar-refractivity contribution < 1.29 is 0 Å². The molecule has 1 aliphatic heterocycles. The number of nitrogens with two attached hydrogens (primary N) is 2. The van der Waals surface area contributed by atoms with Gasteiger partial charge >= 0.3 is 0 Å². The molecule has 0 aromatic carbocycles. The van der Waals surface area contributed by atoms with E-state index in [1.807, 2.05) is 0 Å². The van der Waals surface area contributed by atoms with Crippen molar-refractivity contribution in [1.82, 2.24) is 10.2 Å². The summed E-state index contributed by atoms with van der Waals surface area (Å²) < 4.78 is 0. The first-order valence-corrected chi connectivity index (χ1v) is 4.94. The topological polar surface area (TPSA) is 67.3 Å². The number of nitrogens with one attached hydrogen (secondary N) is 1. The van der Waals surface area contributed by atoms with Gasteiger partial charge in [0.2, 0.25) is 0 Å². The summed E-state index contributed by atoms with van der Waals surface area (Å²) in [4.78, 5) is 2.21. The van der Waals surface area contributed by atoms with Gasteiger partial charge < -0.3 is 21.7 Å². The van der Waals surface area contributed by atoms with Crippen LogP contribution in [0, 0.1) is 0 Å². The Labute approximate surface area is 79.6 Å². The fourth-order valence-electron chi connectivity index (χ4n) is 2.97. The van der Waals surface area contributed by atoms with Crippen molar-refractivity contribution in [3.63, 3.8) is 0 Å². The molecule has 0 bridgehead atoms. The van der Waals surface area contributed by atoms with Crippen LogP contribution in [0.5, 0.6) is 0 Å². The zero-order valence-corrected chi connectivity index (χ0v) is 8.51. The normalized spacial score (nSPS) is 50.1. The molecule has 4 nitrogen and oxygen atoms in total. The second-order valence-electron chi connectivity index (χ2n) is 4.82. The van der Waals surface area contributed by atoms with Gasteiger partial charge in [0.25, 0.3) is 0 Å². The SMILES string of the molecule is CN(C)C1CC[C@]2(N)CNC[C@]12N. The van der Waals surface area contributed by atoms with E-state index >= 15 is 0 Å². The minimum Gasteiger partial charge on any atom is -0.322 e. The predicted molar refractivity (Wildman–Crippen MR) is 53.4 cm³/mol. The lowest BCUT2D eigenvalue weighted by Crippen LogP contribution is -2.68. The first-order chi connectivity index (χ1) is 6.00. The van der Waals surface area contributed by atoms with Gasteiger partial charge in [-0.25, -0.2) is 0 Å². The number of nitrogens with zero attached hydrogens (tertiary/aromatic N) is 1. The lowest BCUT2D eigenvalue weighted by molar-refractivity contribution is 0.189. The summed E-state index contributed by atoms with van der Waals surface area (Å²) in [6.07, 6.45) is 2.17. The van der Waals surface area contributed by atoms with E-state index in [-0.39, 0.29) is 11.1 Å². The molecule has 2 rings (SSSR count). The molecule has 3 atom stereocenters. The Bertz CT molecular complexity index is 218. The summed E-state index contributed by atoms with van der Waals surface area (Å²) in [7, 11) is 4.17. The lowest BCUT2D eigenvalue weighted by atomic mass is 9.82. The van der Waals surface area contributed by atoms with Crippen molar-refractivity contribution in [2.45, 2.75) is 30.0 Å². The molecule has 2 aliphatic rings. The third kappa shape index (κ3) is 1.06. The van der Waals surface area contributed by atoms with Crippen LogP contribution in [0.3, 0.4) is 0 Å². The summed E-state index contributed by atoms with van der Waals surface area (Å²) in [6.45, 7) is 1.72. The van der Waals surface area contributed by atoms with Crippen molar-refractivity contribution in [3.8, 4) is 0 Å². The van der Waals surface area contributed by atoms with E-state index in [1.54, 1.807) is 0 Å². The molecule has 13 heavy (non-hydrogen) atoms. The summed E-state index contributed by atoms with van der Waals surface area (Å²) in [5.74, 6) is 0. The molecule has 0 spiro atoms. The Morgan fingerprint density at radius 3 is 2.62 bits per heavy atom. The molecule has 1 heterocycles. The molecular weight excluding hydrogens is 164 g/mol. The molecule has 1 saturated heterocycles. The van der Waals surface area contributed by atoms with E-state index in [2.05, 4.69) is 24.3 Å². The van der Waals surface area contributed by atoms with Gasteiger partial charge in [-0.1, -0.05) is 0 Å². The van der Waals surface area contributed by atoms with Gasteiger partial charge in [-0.2, -0.15) is 0 Å². The van der Waals surface area contributed by atoms with Gasteiger partial charge in [0.05, 0.1) is 5.54 Å². The zero-order valence-electron chi connectivity index (χ0n) is 8.51. The molecule has 2 fully saturated rings. The Hall–Kier alpha value is -0.160. The van der Waals surface area contributed by atoms with Crippen molar-refractivity contribution in [2.24, 2.45) is 11.5 Å². The van der Waals surface area contributed by atoms with E-state index in [1.165, 1.54) is 0 Å². The quantitative estimate of drug-likeness (QED) is 0.474. The highest BCUT2D eigenvalue weighted by Gasteiger charge is 2.59. The molecule has 1 saturated carbocycles. The average Bonchev–Trinajstić information content (AvgIpc) is 2.39. The van der Waals surface area contributed by atoms with Gasteiger partial charge in [0, 0.05) is 24.7 Å². The number of rotatable bonds is 1. The number of hydrogen-bond acceptors (Lipinski definition) is 4. The molecule has 0 aromatic heterocycles. The fraction of sp³-hybridized carbons (Fsp3) is 1.00. The van der Waals surface area contributed by atoms with Crippen LogP contribution in [-0.4, -0.2) is 49.2 Å². The summed E-state index contributed by atoms with van der Waals surface area (Å²) in [6, 6.07) is 0.424. The van der Waals surface area contributed by atoms with E-state index < -0.39 is 0 Å². The highest BCUT2D eigenvalue weighted by atomic mass is 15.2. The molecule has 0 radical (unpaired) electrons. The fourth-order valence-corrected chi connectivity index (χ4v) is 2.97. The van der Waals surface area contributed by atoms with Crippen LogP contribution in [0.4, 0.5) is 0 Å². The summed E-state index contributed by atoms with van der Waals surface area (Å²) in [5.41, 5.74) is 12.3. The minimum atomic E-state index is -0.226. The Kier molecular flexibility index (Phi) is 1.93. The third-order valence-electron chi connectivity index (χ3n) is 3.87. The van der Waals surface area contributed by atoms with Gasteiger partial charge in [-0.05, 0) is 26.9 Å². The molecule has 1 aliphatic carbocycles. The van der Waals surface area contributed by atoms with Crippen LogP contribution in [0.15, 0.2) is 0 Å². The smallest absolute Gasteiger partial charge is 0.0632 e. The van der Waals surface area contributed by atoms with Crippen LogP contribution < -0.4 is 16.8 Å². The predicted octanol–water partition coefficient (Wildman–Crippen LogP) is -1.29. The van der Waals surface area contributed by atoms with Gasteiger partial charge in [0.1, 0.15) is 0 Å². The minimum absolute atomic E-state index is 0.179. The third-order valence-corrected chi connectivity index (χ3v) is 3.87. The van der Waals surface area contributed by atoms with Crippen LogP contribution in [0.25, 0.3) is 0 Å². The van der Waals surface area contributed by atoms with Crippen LogP contribution in [0.2, 0.25) is 0 Å². The Morgan fingerprint density at radius 2 is 2.00 bits per heavy atom. The van der Waals surface area contributed by atoms with E-state index in [0.717, 1.165) is 25.9 Å². The maximum absolute atomic E-state index is 6.41. The number of likely N-dealkylation sites (N-methyl/N-ethyl adjacent to an activating group) is 1. The van der Waals surface area contributed by atoms with Crippen LogP contribution in [-0.2, 0) is 0 Å². The van der Waals surface area contributed by atoms with Crippen molar-refractivity contribution in [2.75, 3.05) is 27.2 Å². The summed E-state index contributed by atoms with van der Waals surface area (Å²) >= 11 is 0. The number of fused-ring (bicyclic) bond motifs is 1. The van der Waals surface area contributed by atoms with Crippen molar-refractivity contribution in [3.05, 3.63) is 0 Å². The second-order valence-corrected chi connectivity index (χ2v) is 4.82. The van der Waals surface area contributed by atoms with Crippen LogP contribution in [0.1, 0.15) is 12.8 Å².